The molecule has 0 radical (unpaired) electrons. The third-order valence-corrected chi connectivity index (χ3v) is 5.84. The second-order valence-electron chi connectivity index (χ2n) is 7.67. The van der Waals surface area contributed by atoms with Crippen molar-refractivity contribution >= 4 is 23.0 Å². The summed E-state index contributed by atoms with van der Waals surface area (Å²) < 4.78 is 38.5. The van der Waals surface area contributed by atoms with Gasteiger partial charge in [-0.1, -0.05) is 0 Å². The summed E-state index contributed by atoms with van der Waals surface area (Å²) in [6.07, 6.45) is -3.80. The van der Waals surface area contributed by atoms with Crippen LogP contribution in [-0.2, 0) is 6.54 Å². The van der Waals surface area contributed by atoms with E-state index in [-0.39, 0.29) is 18.7 Å². The van der Waals surface area contributed by atoms with Gasteiger partial charge in [0.2, 0.25) is 0 Å². The first kappa shape index (κ1) is 19.6. The molecule has 0 unspecified atom stereocenters. The Kier molecular flexibility index (Phi) is 5.15. The summed E-state index contributed by atoms with van der Waals surface area (Å²) in [5.41, 5.74) is 4.53. The van der Waals surface area contributed by atoms with Crippen LogP contribution in [0.1, 0.15) is 35.7 Å². The summed E-state index contributed by atoms with van der Waals surface area (Å²) in [6, 6.07) is 13.5. The third kappa shape index (κ3) is 4.04. The van der Waals surface area contributed by atoms with E-state index in [4.69, 9.17) is 0 Å². The molecule has 0 saturated carbocycles. The fourth-order valence-electron chi connectivity index (χ4n) is 4.10. The number of amides is 1. The highest BCUT2D eigenvalue weighted by molar-refractivity contribution is 5.98. The highest BCUT2D eigenvalue weighted by atomic mass is 19.4. The maximum atomic E-state index is 12.8. The zero-order valence-electron chi connectivity index (χ0n) is 16.3. The van der Waals surface area contributed by atoms with E-state index in [2.05, 4.69) is 5.32 Å². The molecule has 2 aromatic carbocycles. The van der Waals surface area contributed by atoms with Gasteiger partial charge in [0, 0.05) is 48.8 Å². The summed E-state index contributed by atoms with van der Waals surface area (Å²) in [6.45, 7) is 4.13. The Morgan fingerprint density at radius 2 is 1.69 bits per heavy atom. The number of alkyl halides is 3. The zero-order valence-corrected chi connectivity index (χ0v) is 16.3. The van der Waals surface area contributed by atoms with Gasteiger partial charge in [-0.3, -0.25) is 4.79 Å². The number of nitrogens with zero attached hydrogens (tertiary/aromatic N) is 2. The van der Waals surface area contributed by atoms with Gasteiger partial charge in [0.1, 0.15) is 0 Å². The zero-order chi connectivity index (χ0) is 20.6. The highest BCUT2D eigenvalue weighted by Gasteiger charge is 2.41. The maximum absolute atomic E-state index is 12.8. The molecule has 7 heteroatoms. The van der Waals surface area contributed by atoms with Crippen molar-refractivity contribution in [1.82, 2.24) is 4.90 Å². The number of fused-ring (bicyclic) bond motifs is 1. The van der Waals surface area contributed by atoms with Gasteiger partial charge in [-0.15, -0.1) is 0 Å². The van der Waals surface area contributed by atoms with E-state index in [1.807, 2.05) is 59.2 Å². The summed E-state index contributed by atoms with van der Waals surface area (Å²) in [5.74, 6) is -1.11. The lowest BCUT2D eigenvalue weighted by molar-refractivity contribution is -0.179. The van der Waals surface area contributed by atoms with E-state index in [9.17, 15) is 18.0 Å². The minimum absolute atomic E-state index is 0.0766. The summed E-state index contributed by atoms with van der Waals surface area (Å²) >= 11 is 0. The van der Waals surface area contributed by atoms with Gasteiger partial charge in [-0.25, -0.2) is 0 Å². The molecule has 2 aromatic rings. The van der Waals surface area contributed by atoms with E-state index in [1.165, 1.54) is 0 Å². The average Bonchev–Trinajstić information content (AvgIpc) is 3.03. The van der Waals surface area contributed by atoms with Crippen LogP contribution in [0.3, 0.4) is 0 Å². The predicted molar refractivity (Wildman–Crippen MR) is 108 cm³/mol. The van der Waals surface area contributed by atoms with Crippen molar-refractivity contribution in [2.45, 2.75) is 32.5 Å². The molecule has 1 saturated heterocycles. The summed E-state index contributed by atoms with van der Waals surface area (Å²) in [7, 11) is 0. The number of hydrogen-bond donors (Lipinski definition) is 1. The summed E-state index contributed by atoms with van der Waals surface area (Å²) in [4.78, 5) is 16.0. The molecule has 1 fully saturated rings. The minimum Gasteiger partial charge on any atom is -0.372 e. The van der Waals surface area contributed by atoms with Crippen molar-refractivity contribution in [3.63, 3.8) is 0 Å². The van der Waals surface area contributed by atoms with E-state index in [0.717, 1.165) is 28.2 Å². The fourth-order valence-corrected chi connectivity index (χ4v) is 4.10. The first-order chi connectivity index (χ1) is 13.8. The molecule has 154 valence electrons. The molecule has 4 rings (SSSR count). The molecular formula is C22H24F3N3O. The van der Waals surface area contributed by atoms with Gasteiger partial charge >= 0.3 is 6.18 Å². The molecular weight excluding hydrogens is 379 g/mol. The molecule has 1 N–H and O–H groups in total. The largest absolute Gasteiger partial charge is 0.391 e. The second-order valence-corrected chi connectivity index (χ2v) is 7.67. The Balaban J connectivity index is 1.39. The van der Waals surface area contributed by atoms with Gasteiger partial charge in [-0.2, -0.15) is 13.2 Å². The fraction of sp³-hybridized carbons (Fsp3) is 0.409. The Morgan fingerprint density at radius 3 is 2.31 bits per heavy atom. The third-order valence-electron chi connectivity index (χ3n) is 5.84. The molecule has 0 atom stereocenters. The van der Waals surface area contributed by atoms with Gasteiger partial charge < -0.3 is 15.1 Å². The molecule has 29 heavy (non-hydrogen) atoms. The Morgan fingerprint density at radius 1 is 1.03 bits per heavy atom. The van der Waals surface area contributed by atoms with E-state index in [1.54, 1.807) is 0 Å². The van der Waals surface area contributed by atoms with E-state index < -0.39 is 12.1 Å². The monoisotopic (exact) mass is 403 g/mol. The van der Waals surface area contributed by atoms with Crippen molar-refractivity contribution in [3.05, 3.63) is 53.6 Å². The number of nitrogens with one attached hydrogen (secondary N) is 1. The van der Waals surface area contributed by atoms with Crippen LogP contribution in [0.4, 0.5) is 30.2 Å². The lowest BCUT2D eigenvalue weighted by Crippen LogP contribution is -2.38. The SMILES string of the molecule is CCN1Cc2cc(Nc3ccc(N4CCC(C(F)(F)F)CC4)cc3)ccc2C1=O. The Labute approximate surface area is 168 Å². The molecule has 0 aromatic heterocycles. The van der Waals surface area contributed by atoms with Crippen molar-refractivity contribution in [1.29, 1.82) is 0 Å². The molecule has 1 amide bonds. The first-order valence-electron chi connectivity index (χ1n) is 9.96. The van der Waals surface area contributed by atoms with Crippen molar-refractivity contribution in [3.8, 4) is 0 Å². The molecule has 2 aliphatic rings. The van der Waals surface area contributed by atoms with Gasteiger partial charge in [-0.05, 0) is 67.8 Å². The van der Waals surface area contributed by atoms with Crippen LogP contribution in [0, 0.1) is 5.92 Å². The van der Waals surface area contributed by atoms with Gasteiger partial charge in [0.25, 0.3) is 5.91 Å². The quantitative estimate of drug-likeness (QED) is 0.764. The smallest absolute Gasteiger partial charge is 0.372 e. The minimum atomic E-state index is -4.09. The number of halogens is 3. The van der Waals surface area contributed by atoms with Crippen LogP contribution < -0.4 is 10.2 Å². The first-order valence-corrected chi connectivity index (χ1v) is 9.96. The molecule has 2 aliphatic heterocycles. The number of anilines is 3. The maximum Gasteiger partial charge on any atom is 0.391 e. The number of rotatable bonds is 4. The van der Waals surface area contributed by atoms with Crippen molar-refractivity contribution in [2.75, 3.05) is 29.9 Å². The van der Waals surface area contributed by atoms with Crippen LogP contribution in [-0.4, -0.2) is 36.6 Å². The average molecular weight is 403 g/mol. The van der Waals surface area contributed by atoms with E-state index in [0.29, 0.717) is 26.2 Å². The van der Waals surface area contributed by atoms with Crippen LogP contribution in [0.5, 0.6) is 0 Å². The number of piperidine rings is 1. The molecule has 0 aliphatic carbocycles. The number of benzene rings is 2. The number of carbonyl (C=O) groups excluding carboxylic acids is 1. The summed E-state index contributed by atoms with van der Waals surface area (Å²) in [5, 5.41) is 3.34. The molecule has 0 bridgehead atoms. The Bertz CT molecular complexity index is 887. The molecule has 4 nitrogen and oxygen atoms in total. The lowest BCUT2D eigenvalue weighted by atomic mass is 9.96. The highest BCUT2D eigenvalue weighted by Crippen LogP contribution is 2.35. The number of hydrogen-bond acceptors (Lipinski definition) is 3. The van der Waals surface area contributed by atoms with E-state index >= 15 is 0 Å². The van der Waals surface area contributed by atoms with Gasteiger partial charge in [0.15, 0.2) is 0 Å². The standard InChI is InChI=1S/C22H24F3N3O/c1-2-27-14-15-13-18(5-8-20(15)21(27)29)26-17-3-6-19(7-4-17)28-11-9-16(10-12-28)22(23,24)25/h3-8,13,16,26H,2,9-12,14H2,1H3. The van der Waals surface area contributed by atoms with Crippen molar-refractivity contribution < 1.29 is 18.0 Å². The molecule has 2 heterocycles. The second kappa shape index (κ2) is 7.61. The van der Waals surface area contributed by atoms with Crippen LogP contribution >= 0.6 is 0 Å². The van der Waals surface area contributed by atoms with Crippen LogP contribution in [0.2, 0.25) is 0 Å². The Hall–Kier alpha value is -2.70. The lowest BCUT2D eigenvalue weighted by Gasteiger charge is -2.34. The van der Waals surface area contributed by atoms with Gasteiger partial charge in [0.05, 0.1) is 5.92 Å². The normalized spacial score (nSPS) is 17.6. The van der Waals surface area contributed by atoms with Crippen LogP contribution in [0.25, 0.3) is 0 Å². The topological polar surface area (TPSA) is 35.6 Å². The van der Waals surface area contributed by atoms with Crippen LogP contribution in [0.15, 0.2) is 42.5 Å². The number of carbonyl (C=O) groups is 1. The predicted octanol–water partition coefficient (Wildman–Crippen LogP) is 5.18. The van der Waals surface area contributed by atoms with Crippen molar-refractivity contribution in [2.24, 2.45) is 5.92 Å². The molecule has 0 spiro atoms.